The fourth-order valence-electron chi connectivity index (χ4n) is 2.83. The number of hydrogen-bond donors (Lipinski definition) is 2. The van der Waals surface area contributed by atoms with Gasteiger partial charge in [-0.1, -0.05) is 51.1 Å². The van der Waals surface area contributed by atoms with Crippen molar-refractivity contribution in [2.45, 2.75) is 45.6 Å². The summed E-state index contributed by atoms with van der Waals surface area (Å²) in [5.74, 6) is 0.555. The molecule has 0 spiro atoms. The number of carbonyl (C=O) groups is 2. The Kier molecular flexibility index (Phi) is 7.41. The Hall–Kier alpha value is -2.82. The Bertz CT molecular complexity index is 789. The summed E-state index contributed by atoms with van der Waals surface area (Å²) in [6.45, 7) is 6.17. The van der Waals surface area contributed by atoms with Gasteiger partial charge in [-0.05, 0) is 42.5 Å². The second-order valence-electron chi connectivity index (χ2n) is 6.48. The zero-order valence-corrected chi connectivity index (χ0v) is 16.4. The van der Waals surface area contributed by atoms with Gasteiger partial charge in [0.15, 0.2) is 6.10 Å². The fourth-order valence-corrected chi connectivity index (χ4v) is 2.83. The van der Waals surface area contributed by atoms with Gasteiger partial charge >= 0.3 is 0 Å². The first-order chi connectivity index (χ1) is 13.0. The summed E-state index contributed by atoms with van der Waals surface area (Å²) in [6, 6.07) is 14.8. The summed E-state index contributed by atoms with van der Waals surface area (Å²) in [5, 5.41) is 5.42. The molecule has 2 aromatic carbocycles. The molecule has 0 aliphatic rings. The van der Waals surface area contributed by atoms with Crippen LogP contribution < -0.4 is 15.4 Å². The van der Waals surface area contributed by atoms with Crippen molar-refractivity contribution in [2.75, 3.05) is 12.4 Å². The minimum absolute atomic E-state index is 0.248. The molecule has 2 atom stereocenters. The van der Waals surface area contributed by atoms with Crippen LogP contribution in [0.2, 0.25) is 0 Å². The van der Waals surface area contributed by atoms with Gasteiger partial charge in [-0.2, -0.15) is 0 Å². The van der Waals surface area contributed by atoms with E-state index in [2.05, 4.69) is 24.5 Å². The Labute approximate surface area is 161 Å². The average molecular weight is 368 g/mol. The third-order valence-electron chi connectivity index (χ3n) is 4.65. The number of anilines is 1. The van der Waals surface area contributed by atoms with E-state index in [4.69, 9.17) is 4.74 Å². The molecule has 0 aromatic heterocycles. The predicted molar refractivity (Wildman–Crippen MR) is 108 cm³/mol. The molecule has 0 fully saturated rings. The Balaban J connectivity index is 2.20. The lowest BCUT2D eigenvalue weighted by atomic mass is 9.98. The largest absolute Gasteiger partial charge is 0.480 e. The molecule has 0 bridgehead atoms. The molecule has 0 aliphatic heterocycles. The highest BCUT2D eigenvalue weighted by molar-refractivity contribution is 6.04. The van der Waals surface area contributed by atoms with Crippen molar-refractivity contribution in [3.05, 3.63) is 59.7 Å². The quantitative estimate of drug-likeness (QED) is 0.728. The first-order valence-corrected chi connectivity index (χ1v) is 9.39. The van der Waals surface area contributed by atoms with E-state index in [0.717, 1.165) is 17.7 Å². The van der Waals surface area contributed by atoms with Crippen LogP contribution in [0.4, 0.5) is 5.69 Å². The number of rotatable bonds is 8. The zero-order chi connectivity index (χ0) is 19.8. The Morgan fingerprint density at radius 3 is 2.33 bits per heavy atom. The smallest absolute Gasteiger partial charge is 0.265 e. The topological polar surface area (TPSA) is 67.4 Å². The number of carbonyl (C=O) groups excluding carboxylic acids is 2. The maximum atomic E-state index is 12.8. The summed E-state index contributed by atoms with van der Waals surface area (Å²) in [4.78, 5) is 24.8. The van der Waals surface area contributed by atoms with E-state index in [0.29, 0.717) is 23.6 Å². The molecule has 2 N–H and O–H groups in total. The maximum Gasteiger partial charge on any atom is 0.265 e. The molecule has 5 heteroatoms. The predicted octanol–water partition coefficient (Wildman–Crippen LogP) is 4.36. The van der Waals surface area contributed by atoms with Crippen LogP contribution >= 0.6 is 0 Å². The van der Waals surface area contributed by atoms with Crippen molar-refractivity contribution >= 4 is 17.5 Å². The van der Waals surface area contributed by atoms with Gasteiger partial charge in [-0.3, -0.25) is 9.59 Å². The summed E-state index contributed by atoms with van der Waals surface area (Å²) in [5.41, 5.74) is 1.99. The summed E-state index contributed by atoms with van der Waals surface area (Å²) >= 11 is 0. The Morgan fingerprint density at radius 1 is 1.00 bits per heavy atom. The van der Waals surface area contributed by atoms with Crippen molar-refractivity contribution in [3.63, 3.8) is 0 Å². The molecule has 2 rings (SSSR count). The first-order valence-electron chi connectivity index (χ1n) is 9.39. The third kappa shape index (κ3) is 5.09. The van der Waals surface area contributed by atoms with Crippen LogP contribution in [0.15, 0.2) is 48.5 Å². The van der Waals surface area contributed by atoms with Gasteiger partial charge in [-0.25, -0.2) is 0 Å². The van der Waals surface area contributed by atoms with E-state index < -0.39 is 6.10 Å². The minimum atomic E-state index is -0.645. The van der Waals surface area contributed by atoms with E-state index in [1.54, 1.807) is 31.3 Å². The summed E-state index contributed by atoms with van der Waals surface area (Å²) in [6.07, 6.45) is 0.860. The van der Waals surface area contributed by atoms with Gasteiger partial charge in [0.2, 0.25) is 0 Å². The molecule has 144 valence electrons. The van der Waals surface area contributed by atoms with Crippen molar-refractivity contribution in [3.8, 4) is 5.75 Å². The maximum absolute atomic E-state index is 12.8. The molecule has 2 unspecified atom stereocenters. The van der Waals surface area contributed by atoms with E-state index in [-0.39, 0.29) is 11.8 Å². The van der Waals surface area contributed by atoms with Crippen LogP contribution in [0.25, 0.3) is 0 Å². The number of amides is 2. The van der Waals surface area contributed by atoms with Crippen LogP contribution in [-0.2, 0) is 4.79 Å². The molecule has 0 saturated heterocycles. The van der Waals surface area contributed by atoms with E-state index in [1.807, 2.05) is 31.2 Å². The number of nitrogens with one attached hydrogen (secondary N) is 2. The van der Waals surface area contributed by atoms with Crippen LogP contribution in [0, 0.1) is 0 Å². The van der Waals surface area contributed by atoms with Gasteiger partial charge in [0.05, 0.1) is 11.3 Å². The first kappa shape index (κ1) is 20.5. The highest BCUT2D eigenvalue weighted by Gasteiger charge is 2.22. The highest BCUT2D eigenvalue weighted by Crippen LogP contribution is 2.29. The molecule has 2 aromatic rings. The summed E-state index contributed by atoms with van der Waals surface area (Å²) < 4.78 is 6.07. The molecule has 0 saturated carbocycles. The third-order valence-corrected chi connectivity index (χ3v) is 4.65. The van der Waals surface area contributed by atoms with Gasteiger partial charge < -0.3 is 15.4 Å². The lowest BCUT2D eigenvalue weighted by Gasteiger charge is -2.21. The molecular weight excluding hydrogens is 340 g/mol. The van der Waals surface area contributed by atoms with Crippen LogP contribution in [0.3, 0.4) is 0 Å². The second kappa shape index (κ2) is 9.76. The van der Waals surface area contributed by atoms with Crippen LogP contribution in [0.5, 0.6) is 5.75 Å². The van der Waals surface area contributed by atoms with E-state index >= 15 is 0 Å². The molecular formula is C22H28N2O3. The molecule has 0 heterocycles. The Morgan fingerprint density at radius 2 is 1.67 bits per heavy atom. The number of hydrogen-bond acceptors (Lipinski definition) is 3. The van der Waals surface area contributed by atoms with E-state index in [1.165, 1.54) is 0 Å². The fraction of sp³-hybridized carbons (Fsp3) is 0.364. The normalized spacial score (nSPS) is 12.7. The minimum Gasteiger partial charge on any atom is -0.480 e. The number of ether oxygens (including phenoxy) is 1. The van der Waals surface area contributed by atoms with E-state index in [9.17, 15) is 9.59 Å². The zero-order valence-electron chi connectivity index (χ0n) is 16.4. The van der Waals surface area contributed by atoms with Crippen molar-refractivity contribution in [2.24, 2.45) is 0 Å². The second-order valence-corrected chi connectivity index (χ2v) is 6.48. The SMILES string of the molecule is CCC(Oc1ccccc1C(C)CC)C(=O)Nc1ccccc1C(=O)NC. The molecule has 27 heavy (non-hydrogen) atoms. The van der Waals surface area contributed by atoms with Gasteiger partial charge in [-0.15, -0.1) is 0 Å². The van der Waals surface area contributed by atoms with Crippen LogP contribution in [-0.4, -0.2) is 25.0 Å². The summed E-state index contributed by atoms with van der Waals surface area (Å²) in [7, 11) is 1.56. The average Bonchev–Trinajstić information content (AvgIpc) is 2.71. The van der Waals surface area contributed by atoms with Crippen LogP contribution in [0.1, 0.15) is 55.5 Å². The molecule has 0 radical (unpaired) electrons. The standard InChI is InChI=1S/C22H28N2O3/c1-5-15(3)16-11-8-10-14-20(16)27-19(6-2)22(26)24-18-13-9-7-12-17(18)21(25)23-4/h7-15,19H,5-6H2,1-4H3,(H,23,25)(H,24,26). The lowest BCUT2D eigenvalue weighted by molar-refractivity contribution is -0.122. The molecule has 0 aliphatic carbocycles. The van der Waals surface area contributed by atoms with Crippen molar-refractivity contribution in [1.29, 1.82) is 0 Å². The van der Waals surface area contributed by atoms with Crippen molar-refractivity contribution in [1.82, 2.24) is 5.32 Å². The lowest BCUT2D eigenvalue weighted by Crippen LogP contribution is -2.33. The number of para-hydroxylation sites is 2. The van der Waals surface area contributed by atoms with Gasteiger partial charge in [0.25, 0.3) is 11.8 Å². The van der Waals surface area contributed by atoms with Crippen molar-refractivity contribution < 1.29 is 14.3 Å². The number of benzene rings is 2. The monoisotopic (exact) mass is 368 g/mol. The molecule has 2 amide bonds. The highest BCUT2D eigenvalue weighted by atomic mass is 16.5. The van der Waals surface area contributed by atoms with Gasteiger partial charge in [0.1, 0.15) is 5.75 Å². The van der Waals surface area contributed by atoms with Gasteiger partial charge in [0, 0.05) is 7.05 Å². The molecule has 5 nitrogen and oxygen atoms in total.